The van der Waals surface area contributed by atoms with Gasteiger partial charge in [0.1, 0.15) is 0 Å². The number of benzene rings is 9. The molecule has 268 valence electrons. The quantitative estimate of drug-likeness (QED) is 0.159. The normalized spacial score (nSPS) is 11.5. The number of rotatable bonds is 7. The summed E-state index contributed by atoms with van der Waals surface area (Å²) in [5, 5.41) is 4.93. The summed E-state index contributed by atoms with van der Waals surface area (Å²) >= 11 is 0. The molecule has 0 amide bonds. The first-order chi connectivity index (χ1) is 28.3. The van der Waals surface area contributed by atoms with Gasteiger partial charge in [-0.3, -0.25) is 0 Å². The van der Waals surface area contributed by atoms with E-state index in [2.05, 4.69) is 238 Å². The van der Waals surface area contributed by atoms with E-state index < -0.39 is 0 Å². The van der Waals surface area contributed by atoms with Gasteiger partial charge in [0, 0.05) is 44.3 Å². The van der Waals surface area contributed by atoms with Crippen molar-refractivity contribution in [1.82, 2.24) is 9.13 Å². The van der Waals surface area contributed by atoms with Crippen molar-refractivity contribution in [2.24, 2.45) is 0 Å². The summed E-state index contributed by atoms with van der Waals surface area (Å²) < 4.78 is 4.80. The van der Waals surface area contributed by atoms with E-state index in [1.807, 2.05) is 0 Å². The maximum atomic E-state index is 2.41. The largest absolute Gasteiger partial charge is 0.310 e. The highest BCUT2D eigenvalue weighted by Gasteiger charge is 2.21. The van der Waals surface area contributed by atoms with Crippen LogP contribution in [0.15, 0.2) is 224 Å². The Hall–Kier alpha value is -7.62. The fourth-order valence-corrected chi connectivity index (χ4v) is 8.73. The van der Waals surface area contributed by atoms with Crippen molar-refractivity contribution in [3.05, 3.63) is 224 Å². The highest BCUT2D eigenvalue weighted by atomic mass is 15.1. The minimum absolute atomic E-state index is 1.10. The molecule has 0 aliphatic carbocycles. The summed E-state index contributed by atoms with van der Waals surface area (Å²) in [6.45, 7) is 0. The van der Waals surface area contributed by atoms with Crippen LogP contribution in [0, 0.1) is 0 Å². The Balaban J connectivity index is 1.08. The van der Waals surface area contributed by atoms with Crippen LogP contribution in [0.5, 0.6) is 0 Å². The Morgan fingerprint density at radius 1 is 0.281 bits per heavy atom. The lowest BCUT2D eigenvalue weighted by Gasteiger charge is -2.27. The van der Waals surface area contributed by atoms with Gasteiger partial charge in [0.25, 0.3) is 0 Å². The van der Waals surface area contributed by atoms with Crippen molar-refractivity contribution in [3.8, 4) is 33.6 Å². The van der Waals surface area contributed by atoms with Gasteiger partial charge in [0.15, 0.2) is 0 Å². The summed E-state index contributed by atoms with van der Waals surface area (Å²) in [6, 6.07) is 81.1. The molecule has 0 bridgehead atoms. The number of nitrogens with zero attached hydrogens (tertiary/aromatic N) is 3. The molecule has 2 aromatic heterocycles. The number of aromatic nitrogens is 2. The maximum absolute atomic E-state index is 2.41. The Kier molecular flexibility index (Phi) is 7.82. The molecule has 0 saturated carbocycles. The smallest absolute Gasteiger partial charge is 0.0562 e. The van der Waals surface area contributed by atoms with Gasteiger partial charge in [0.2, 0.25) is 0 Å². The van der Waals surface area contributed by atoms with Gasteiger partial charge in [-0.1, -0.05) is 146 Å². The molecule has 0 spiro atoms. The zero-order valence-electron chi connectivity index (χ0n) is 31.2. The molecule has 3 heteroatoms. The minimum atomic E-state index is 1.10. The number of anilines is 3. The predicted octanol–water partition coefficient (Wildman–Crippen LogP) is 14.7. The molecule has 0 aliphatic rings. The Labute approximate surface area is 331 Å². The second-order valence-electron chi connectivity index (χ2n) is 14.6. The molecule has 11 rings (SSSR count). The molecule has 0 radical (unpaired) electrons. The van der Waals surface area contributed by atoms with Gasteiger partial charge in [0.05, 0.1) is 27.8 Å². The second-order valence-corrected chi connectivity index (χ2v) is 14.6. The molecule has 11 aromatic rings. The van der Waals surface area contributed by atoms with Gasteiger partial charge in [-0.15, -0.1) is 0 Å². The van der Waals surface area contributed by atoms with E-state index in [0.29, 0.717) is 0 Å². The van der Waals surface area contributed by atoms with Crippen LogP contribution in [0.4, 0.5) is 17.1 Å². The van der Waals surface area contributed by atoms with E-state index in [9.17, 15) is 0 Å². The van der Waals surface area contributed by atoms with Gasteiger partial charge in [-0.25, -0.2) is 0 Å². The van der Waals surface area contributed by atoms with Crippen LogP contribution < -0.4 is 4.90 Å². The first-order valence-corrected chi connectivity index (χ1v) is 19.5. The van der Waals surface area contributed by atoms with Gasteiger partial charge in [-0.2, -0.15) is 0 Å². The molecule has 0 fully saturated rings. The summed E-state index contributed by atoms with van der Waals surface area (Å²) in [5.41, 5.74) is 15.1. The van der Waals surface area contributed by atoms with Crippen LogP contribution in [0.1, 0.15) is 0 Å². The number of para-hydroxylation sites is 4. The predicted molar refractivity (Wildman–Crippen MR) is 241 cm³/mol. The summed E-state index contributed by atoms with van der Waals surface area (Å²) in [5.74, 6) is 0. The first-order valence-electron chi connectivity index (χ1n) is 19.5. The lowest BCUT2D eigenvalue weighted by atomic mass is 10.0. The van der Waals surface area contributed by atoms with Gasteiger partial charge < -0.3 is 14.0 Å². The van der Waals surface area contributed by atoms with Gasteiger partial charge >= 0.3 is 0 Å². The van der Waals surface area contributed by atoms with Crippen LogP contribution in [-0.2, 0) is 0 Å². The van der Waals surface area contributed by atoms with Crippen LogP contribution in [0.25, 0.3) is 77.2 Å². The molecular weight excluding hydrogens is 691 g/mol. The standard InChI is InChI=1S/C54H37N3/c1-4-16-38(17-5-1)39-30-33-44(34-31-39)57-49-26-12-10-24-46(49)47-35-32-41(37-53(47)57)40-18-14-23-45(36-40)55(42-19-6-2-7-20-42)51-28-15-29-52-54(51)48-25-11-13-27-50(48)56(52)43-21-8-3-9-22-43/h1-37H. The van der Waals surface area contributed by atoms with Crippen molar-refractivity contribution < 1.29 is 0 Å². The number of fused-ring (bicyclic) bond motifs is 6. The van der Waals surface area contributed by atoms with Crippen LogP contribution >= 0.6 is 0 Å². The molecule has 0 atom stereocenters. The van der Waals surface area contributed by atoms with Crippen LogP contribution in [-0.4, -0.2) is 9.13 Å². The zero-order chi connectivity index (χ0) is 37.7. The molecule has 9 aromatic carbocycles. The fraction of sp³-hybridized carbons (Fsp3) is 0. The molecule has 57 heavy (non-hydrogen) atoms. The third-order valence-corrected chi connectivity index (χ3v) is 11.3. The zero-order valence-corrected chi connectivity index (χ0v) is 31.2. The van der Waals surface area contributed by atoms with E-state index in [1.54, 1.807) is 0 Å². The lowest BCUT2D eigenvalue weighted by molar-refractivity contribution is 1.18. The number of hydrogen-bond donors (Lipinski definition) is 0. The van der Waals surface area contributed by atoms with Crippen molar-refractivity contribution in [3.63, 3.8) is 0 Å². The summed E-state index contributed by atoms with van der Waals surface area (Å²) in [7, 11) is 0. The average Bonchev–Trinajstić information content (AvgIpc) is 3.81. The Bertz CT molecular complexity index is 3210. The van der Waals surface area contributed by atoms with E-state index >= 15 is 0 Å². The lowest BCUT2D eigenvalue weighted by Crippen LogP contribution is -2.10. The Morgan fingerprint density at radius 3 is 1.54 bits per heavy atom. The van der Waals surface area contributed by atoms with Crippen molar-refractivity contribution >= 4 is 60.7 Å². The van der Waals surface area contributed by atoms with E-state index in [0.717, 1.165) is 34.0 Å². The molecule has 3 nitrogen and oxygen atoms in total. The molecule has 0 aliphatic heterocycles. The molecular formula is C54H37N3. The average molecular weight is 728 g/mol. The maximum Gasteiger partial charge on any atom is 0.0562 e. The first kappa shape index (κ1) is 32.8. The SMILES string of the molecule is c1ccc(-c2ccc(-n3c4ccccc4c4ccc(-c5cccc(N(c6ccccc6)c6cccc7c6c6ccccc6n7-c6ccccc6)c5)cc43)cc2)cc1. The molecule has 0 N–H and O–H groups in total. The van der Waals surface area contributed by atoms with Crippen LogP contribution in [0.2, 0.25) is 0 Å². The van der Waals surface area contributed by atoms with Crippen LogP contribution in [0.3, 0.4) is 0 Å². The monoisotopic (exact) mass is 727 g/mol. The number of hydrogen-bond acceptors (Lipinski definition) is 1. The van der Waals surface area contributed by atoms with E-state index in [1.165, 1.54) is 60.3 Å². The topological polar surface area (TPSA) is 13.1 Å². The summed E-state index contributed by atoms with van der Waals surface area (Å²) in [6.07, 6.45) is 0. The van der Waals surface area contributed by atoms with Crippen molar-refractivity contribution in [2.75, 3.05) is 4.90 Å². The van der Waals surface area contributed by atoms with E-state index in [4.69, 9.17) is 0 Å². The molecule has 0 saturated heterocycles. The van der Waals surface area contributed by atoms with Crippen molar-refractivity contribution in [2.45, 2.75) is 0 Å². The van der Waals surface area contributed by atoms with Crippen molar-refractivity contribution in [1.29, 1.82) is 0 Å². The highest BCUT2D eigenvalue weighted by Crippen LogP contribution is 2.45. The summed E-state index contributed by atoms with van der Waals surface area (Å²) in [4.78, 5) is 2.41. The fourth-order valence-electron chi connectivity index (χ4n) is 8.73. The van der Waals surface area contributed by atoms with E-state index in [-0.39, 0.29) is 0 Å². The molecule has 0 unspecified atom stereocenters. The second kappa shape index (κ2) is 13.6. The third-order valence-electron chi connectivity index (χ3n) is 11.3. The third kappa shape index (κ3) is 5.51. The van der Waals surface area contributed by atoms with Gasteiger partial charge in [-0.05, 0) is 101 Å². The molecule has 2 heterocycles. The Morgan fingerprint density at radius 2 is 0.772 bits per heavy atom. The highest BCUT2D eigenvalue weighted by molar-refractivity contribution is 6.16. The minimum Gasteiger partial charge on any atom is -0.310 e.